The van der Waals surface area contributed by atoms with Crippen LogP contribution in [0.1, 0.15) is 5.76 Å². The highest BCUT2D eigenvalue weighted by Gasteiger charge is 2.06. The van der Waals surface area contributed by atoms with Gasteiger partial charge >= 0.3 is 0 Å². The van der Waals surface area contributed by atoms with Gasteiger partial charge in [0.05, 0.1) is 6.26 Å². The van der Waals surface area contributed by atoms with Crippen LogP contribution in [0, 0.1) is 0 Å². The van der Waals surface area contributed by atoms with E-state index in [1.165, 1.54) is 6.08 Å². The van der Waals surface area contributed by atoms with Crippen LogP contribution < -0.4 is 0 Å². The van der Waals surface area contributed by atoms with Crippen molar-refractivity contribution in [2.24, 2.45) is 0 Å². The summed E-state index contributed by atoms with van der Waals surface area (Å²) in [6.45, 7) is 8.22. The Morgan fingerprint density at radius 1 is 1.38 bits per heavy atom. The quantitative estimate of drug-likeness (QED) is 0.542. The van der Waals surface area contributed by atoms with Crippen LogP contribution in [0.3, 0.4) is 0 Å². The number of amides is 1. The van der Waals surface area contributed by atoms with Crippen molar-refractivity contribution in [1.82, 2.24) is 4.90 Å². The molecule has 0 atom stereocenters. The van der Waals surface area contributed by atoms with Crippen LogP contribution in [-0.4, -0.2) is 23.9 Å². The summed E-state index contributed by atoms with van der Waals surface area (Å²) in [4.78, 5) is 13.3. The predicted octanol–water partition coefficient (Wildman–Crippen LogP) is 2.49. The van der Waals surface area contributed by atoms with E-state index in [0.29, 0.717) is 18.8 Å². The molecule has 0 aliphatic rings. The Hall–Kier alpha value is -2.03. The van der Waals surface area contributed by atoms with Crippen LogP contribution in [0.15, 0.2) is 54.2 Å². The Morgan fingerprint density at radius 3 is 2.56 bits per heavy atom. The van der Waals surface area contributed by atoms with Gasteiger partial charge in [0.15, 0.2) is 0 Å². The lowest BCUT2D eigenvalue weighted by atomic mass is 10.3. The van der Waals surface area contributed by atoms with E-state index in [0.717, 1.165) is 0 Å². The Kier molecular flexibility index (Phi) is 4.86. The fourth-order valence-electron chi connectivity index (χ4n) is 1.21. The molecule has 0 aliphatic carbocycles. The van der Waals surface area contributed by atoms with Gasteiger partial charge in [-0.3, -0.25) is 4.79 Å². The van der Waals surface area contributed by atoms with Gasteiger partial charge in [-0.05, 0) is 18.2 Å². The second-order valence-corrected chi connectivity index (χ2v) is 3.17. The van der Waals surface area contributed by atoms with Gasteiger partial charge in [-0.2, -0.15) is 0 Å². The SMILES string of the molecule is C=CCN(CC=C)C(=O)/C=C/c1ccco1. The van der Waals surface area contributed by atoms with Gasteiger partial charge in [0.1, 0.15) is 5.76 Å². The van der Waals surface area contributed by atoms with Crippen molar-refractivity contribution in [3.8, 4) is 0 Å². The van der Waals surface area contributed by atoms with Crippen molar-refractivity contribution in [3.05, 3.63) is 55.5 Å². The molecule has 1 rings (SSSR count). The number of rotatable bonds is 6. The third kappa shape index (κ3) is 3.61. The Bertz CT molecular complexity index is 367. The highest BCUT2D eigenvalue weighted by atomic mass is 16.3. The van der Waals surface area contributed by atoms with Crippen molar-refractivity contribution in [2.75, 3.05) is 13.1 Å². The Morgan fingerprint density at radius 2 is 2.06 bits per heavy atom. The van der Waals surface area contributed by atoms with E-state index in [-0.39, 0.29) is 5.91 Å². The molecule has 1 heterocycles. The molecule has 0 aliphatic heterocycles. The third-order valence-corrected chi connectivity index (χ3v) is 1.94. The summed E-state index contributed by atoms with van der Waals surface area (Å²) in [6, 6.07) is 3.56. The summed E-state index contributed by atoms with van der Waals surface area (Å²) in [5.74, 6) is 0.571. The van der Waals surface area contributed by atoms with Crippen LogP contribution in [0.5, 0.6) is 0 Å². The van der Waals surface area contributed by atoms with Crippen LogP contribution in [-0.2, 0) is 4.79 Å². The van der Waals surface area contributed by atoms with E-state index in [9.17, 15) is 4.79 Å². The highest BCUT2D eigenvalue weighted by molar-refractivity contribution is 5.91. The van der Waals surface area contributed by atoms with E-state index in [1.807, 2.05) is 0 Å². The fraction of sp³-hybridized carbons (Fsp3) is 0.154. The molecule has 0 bridgehead atoms. The first kappa shape index (κ1) is 12.0. The molecule has 0 unspecified atom stereocenters. The lowest BCUT2D eigenvalue weighted by Crippen LogP contribution is -2.29. The number of hydrogen-bond donors (Lipinski definition) is 0. The largest absolute Gasteiger partial charge is 0.465 e. The molecule has 3 nitrogen and oxygen atoms in total. The number of nitrogens with zero attached hydrogens (tertiary/aromatic N) is 1. The zero-order valence-electron chi connectivity index (χ0n) is 9.13. The van der Waals surface area contributed by atoms with Crippen molar-refractivity contribution in [1.29, 1.82) is 0 Å². The van der Waals surface area contributed by atoms with Gasteiger partial charge < -0.3 is 9.32 Å². The minimum absolute atomic E-state index is 0.0869. The number of carbonyl (C=O) groups excluding carboxylic acids is 1. The molecule has 0 spiro atoms. The molecule has 1 amide bonds. The number of furan rings is 1. The van der Waals surface area contributed by atoms with Gasteiger partial charge in [-0.25, -0.2) is 0 Å². The first-order valence-electron chi connectivity index (χ1n) is 5.00. The lowest BCUT2D eigenvalue weighted by molar-refractivity contribution is -0.125. The van der Waals surface area contributed by atoms with E-state index in [4.69, 9.17) is 4.42 Å². The molecule has 0 aromatic carbocycles. The first-order chi connectivity index (χ1) is 7.77. The molecule has 1 aromatic heterocycles. The van der Waals surface area contributed by atoms with Crippen LogP contribution in [0.2, 0.25) is 0 Å². The van der Waals surface area contributed by atoms with Gasteiger partial charge in [-0.1, -0.05) is 12.2 Å². The second kappa shape index (κ2) is 6.45. The number of carbonyl (C=O) groups is 1. The molecule has 1 aromatic rings. The summed E-state index contributed by atoms with van der Waals surface area (Å²) < 4.78 is 5.09. The monoisotopic (exact) mass is 217 g/mol. The van der Waals surface area contributed by atoms with Crippen molar-refractivity contribution in [3.63, 3.8) is 0 Å². The molecule has 0 saturated carbocycles. The van der Waals surface area contributed by atoms with Crippen molar-refractivity contribution in [2.45, 2.75) is 0 Å². The molecule has 3 heteroatoms. The van der Waals surface area contributed by atoms with Crippen molar-refractivity contribution < 1.29 is 9.21 Å². The standard InChI is InChI=1S/C13H15NO2/c1-3-9-14(10-4-2)13(15)8-7-12-6-5-11-16-12/h3-8,11H,1-2,9-10H2/b8-7+. The van der Waals surface area contributed by atoms with Crippen LogP contribution >= 0.6 is 0 Å². The van der Waals surface area contributed by atoms with Gasteiger partial charge in [-0.15, -0.1) is 13.2 Å². The van der Waals surface area contributed by atoms with E-state index >= 15 is 0 Å². The van der Waals surface area contributed by atoms with E-state index in [2.05, 4.69) is 13.2 Å². The summed E-state index contributed by atoms with van der Waals surface area (Å²) in [5.41, 5.74) is 0. The van der Waals surface area contributed by atoms with Gasteiger partial charge in [0.25, 0.3) is 0 Å². The van der Waals surface area contributed by atoms with Gasteiger partial charge in [0.2, 0.25) is 5.91 Å². The Balaban J connectivity index is 2.60. The molecule has 84 valence electrons. The summed E-state index contributed by atoms with van der Waals surface area (Å²) in [6.07, 6.45) is 8.05. The maximum absolute atomic E-state index is 11.7. The van der Waals surface area contributed by atoms with Crippen molar-refractivity contribution >= 4 is 12.0 Å². The average molecular weight is 217 g/mol. The topological polar surface area (TPSA) is 33.5 Å². The predicted molar refractivity (Wildman–Crippen MR) is 64.7 cm³/mol. The lowest BCUT2D eigenvalue weighted by Gasteiger charge is -2.16. The Labute approximate surface area is 95.4 Å². The highest BCUT2D eigenvalue weighted by Crippen LogP contribution is 2.03. The third-order valence-electron chi connectivity index (χ3n) is 1.94. The first-order valence-corrected chi connectivity index (χ1v) is 5.00. The molecule has 0 radical (unpaired) electrons. The summed E-state index contributed by atoms with van der Waals surface area (Å²) >= 11 is 0. The molecular weight excluding hydrogens is 202 g/mol. The zero-order valence-corrected chi connectivity index (χ0v) is 9.13. The van der Waals surface area contributed by atoms with Crippen LogP contribution in [0.4, 0.5) is 0 Å². The number of hydrogen-bond acceptors (Lipinski definition) is 2. The maximum Gasteiger partial charge on any atom is 0.247 e. The molecule has 16 heavy (non-hydrogen) atoms. The maximum atomic E-state index is 11.7. The summed E-state index contributed by atoms with van der Waals surface area (Å²) in [5, 5.41) is 0. The normalized spacial score (nSPS) is 10.2. The fourth-order valence-corrected chi connectivity index (χ4v) is 1.21. The molecular formula is C13H15NO2. The van der Waals surface area contributed by atoms with Gasteiger partial charge in [0, 0.05) is 19.2 Å². The zero-order chi connectivity index (χ0) is 11.8. The van der Waals surface area contributed by atoms with Crippen LogP contribution in [0.25, 0.3) is 6.08 Å². The summed E-state index contributed by atoms with van der Waals surface area (Å²) in [7, 11) is 0. The molecule has 0 N–H and O–H groups in total. The minimum Gasteiger partial charge on any atom is -0.465 e. The smallest absolute Gasteiger partial charge is 0.247 e. The van der Waals surface area contributed by atoms with E-state index < -0.39 is 0 Å². The second-order valence-electron chi connectivity index (χ2n) is 3.17. The molecule has 0 saturated heterocycles. The minimum atomic E-state index is -0.0869. The molecule has 0 fully saturated rings. The van der Waals surface area contributed by atoms with E-state index in [1.54, 1.807) is 41.5 Å². The average Bonchev–Trinajstić information content (AvgIpc) is 2.78.